The van der Waals surface area contributed by atoms with Crippen molar-refractivity contribution >= 4 is 17.5 Å². The van der Waals surface area contributed by atoms with Crippen LogP contribution >= 0.6 is 0 Å². The number of aryl methyl sites for hydroxylation is 1. The summed E-state index contributed by atoms with van der Waals surface area (Å²) in [6, 6.07) is 4.05. The average Bonchev–Trinajstić information content (AvgIpc) is 2.97. The minimum Gasteiger partial charge on any atom is -0.458 e. The number of nitrogens with one attached hydrogen (secondary N) is 1. The average molecular weight is 644 g/mol. The highest BCUT2D eigenvalue weighted by Gasteiger charge is 2.42. The SMILES string of the molecule is CC(=O)N1CCN(C2C=C(c3ccc(F)cc3C)N(O)C(Cc3cc(C(F)(F)F)cc(C(F)(F)F)c3)C3CNCN=C3O2)CC1. The molecule has 0 aliphatic carbocycles. The number of fused-ring (bicyclic) bond motifs is 1. The normalized spacial score (nSPS) is 23.4. The molecular formula is C30H32F7N5O3. The highest BCUT2D eigenvalue weighted by Crippen LogP contribution is 2.38. The molecule has 3 aliphatic rings. The molecule has 45 heavy (non-hydrogen) atoms. The van der Waals surface area contributed by atoms with Gasteiger partial charge in [-0.3, -0.25) is 25.3 Å². The Labute approximate surface area is 254 Å². The van der Waals surface area contributed by atoms with Gasteiger partial charge < -0.3 is 9.64 Å². The van der Waals surface area contributed by atoms with Crippen molar-refractivity contribution in [2.75, 3.05) is 39.4 Å². The van der Waals surface area contributed by atoms with Gasteiger partial charge in [-0.05, 0) is 66.9 Å². The molecule has 3 heterocycles. The fourth-order valence-corrected chi connectivity index (χ4v) is 5.91. The molecular weight excluding hydrogens is 611 g/mol. The number of carbonyl (C=O) groups is 1. The molecule has 0 saturated carbocycles. The largest absolute Gasteiger partial charge is 0.458 e. The van der Waals surface area contributed by atoms with Gasteiger partial charge in [-0.2, -0.15) is 26.3 Å². The summed E-state index contributed by atoms with van der Waals surface area (Å²) in [5.74, 6) is -1.25. The summed E-state index contributed by atoms with van der Waals surface area (Å²) in [5.41, 5.74) is -2.31. The molecule has 3 atom stereocenters. The third kappa shape index (κ3) is 7.25. The van der Waals surface area contributed by atoms with E-state index in [0.717, 1.165) is 5.06 Å². The van der Waals surface area contributed by atoms with Crippen molar-refractivity contribution in [3.63, 3.8) is 0 Å². The number of ether oxygens (including phenoxy) is 1. The van der Waals surface area contributed by atoms with E-state index in [4.69, 9.17) is 4.74 Å². The van der Waals surface area contributed by atoms with E-state index in [1.54, 1.807) is 17.9 Å². The summed E-state index contributed by atoms with van der Waals surface area (Å²) in [5, 5.41) is 15.7. The lowest BCUT2D eigenvalue weighted by molar-refractivity contribution is -0.143. The van der Waals surface area contributed by atoms with Crippen LogP contribution < -0.4 is 5.32 Å². The molecule has 0 radical (unpaired) electrons. The second kappa shape index (κ2) is 12.6. The van der Waals surface area contributed by atoms with Crippen LogP contribution in [0.5, 0.6) is 0 Å². The smallest absolute Gasteiger partial charge is 0.416 e. The van der Waals surface area contributed by atoms with Gasteiger partial charge >= 0.3 is 12.4 Å². The van der Waals surface area contributed by atoms with Crippen molar-refractivity contribution in [3.8, 4) is 0 Å². The van der Waals surface area contributed by atoms with Gasteiger partial charge in [0, 0.05) is 45.2 Å². The quantitative estimate of drug-likeness (QED) is 0.462. The molecule has 1 amide bonds. The van der Waals surface area contributed by atoms with Gasteiger partial charge in [0.2, 0.25) is 5.91 Å². The van der Waals surface area contributed by atoms with Crippen LogP contribution in [0.2, 0.25) is 0 Å². The van der Waals surface area contributed by atoms with Crippen LogP contribution in [0, 0.1) is 18.7 Å². The number of aliphatic imine (C=N–C) groups is 1. The van der Waals surface area contributed by atoms with Crippen molar-refractivity contribution in [1.29, 1.82) is 0 Å². The molecule has 1 saturated heterocycles. The Balaban J connectivity index is 1.61. The monoisotopic (exact) mass is 643 g/mol. The lowest BCUT2D eigenvalue weighted by atomic mass is 9.89. The summed E-state index contributed by atoms with van der Waals surface area (Å²) >= 11 is 0. The van der Waals surface area contributed by atoms with E-state index in [9.17, 15) is 40.7 Å². The molecule has 2 aromatic rings. The Morgan fingerprint density at radius 3 is 2.24 bits per heavy atom. The predicted molar refractivity (Wildman–Crippen MR) is 149 cm³/mol. The molecule has 5 rings (SSSR count). The molecule has 3 unspecified atom stereocenters. The number of hydrogen-bond donors (Lipinski definition) is 2. The number of carbonyl (C=O) groups excluding carboxylic acids is 1. The highest BCUT2D eigenvalue weighted by atomic mass is 19.4. The molecule has 2 N–H and O–H groups in total. The number of piperazine rings is 1. The van der Waals surface area contributed by atoms with Crippen LogP contribution in [0.3, 0.4) is 0 Å². The fraction of sp³-hybridized carbons (Fsp3) is 0.467. The first kappa shape index (κ1) is 32.7. The van der Waals surface area contributed by atoms with Crippen molar-refractivity contribution in [2.24, 2.45) is 10.9 Å². The molecule has 0 spiro atoms. The lowest BCUT2D eigenvalue weighted by Gasteiger charge is -2.44. The minimum absolute atomic E-state index is 0.0557. The van der Waals surface area contributed by atoms with Crippen LogP contribution in [0.4, 0.5) is 30.7 Å². The van der Waals surface area contributed by atoms with E-state index in [1.807, 2.05) is 4.90 Å². The maximum Gasteiger partial charge on any atom is 0.416 e. The first-order valence-corrected chi connectivity index (χ1v) is 14.3. The van der Waals surface area contributed by atoms with Crippen LogP contribution in [0.1, 0.15) is 34.7 Å². The Bertz CT molecular complexity index is 1450. The van der Waals surface area contributed by atoms with Crippen molar-refractivity contribution in [2.45, 2.75) is 44.9 Å². The minimum atomic E-state index is -5.05. The number of amides is 1. The van der Waals surface area contributed by atoms with Gasteiger partial charge in [-0.15, -0.1) is 0 Å². The maximum absolute atomic E-state index is 14.1. The van der Waals surface area contributed by atoms with Gasteiger partial charge in [0.25, 0.3) is 0 Å². The van der Waals surface area contributed by atoms with Crippen LogP contribution in [0.25, 0.3) is 5.70 Å². The van der Waals surface area contributed by atoms with Crippen molar-refractivity contribution in [3.05, 3.63) is 76.1 Å². The predicted octanol–water partition coefficient (Wildman–Crippen LogP) is 4.91. The first-order valence-electron chi connectivity index (χ1n) is 14.3. The number of benzene rings is 2. The first-order chi connectivity index (χ1) is 21.1. The number of rotatable bonds is 4. The molecule has 0 aromatic heterocycles. The highest BCUT2D eigenvalue weighted by molar-refractivity contribution is 5.82. The van der Waals surface area contributed by atoms with E-state index < -0.39 is 53.9 Å². The van der Waals surface area contributed by atoms with Crippen molar-refractivity contribution < 1.29 is 45.5 Å². The second-order valence-electron chi connectivity index (χ2n) is 11.3. The Morgan fingerprint density at radius 2 is 1.67 bits per heavy atom. The molecule has 2 aromatic carbocycles. The maximum atomic E-state index is 14.1. The zero-order valence-electron chi connectivity index (χ0n) is 24.4. The molecule has 1 fully saturated rings. The number of hydrogen-bond acceptors (Lipinski definition) is 7. The molecule has 0 bridgehead atoms. The van der Waals surface area contributed by atoms with E-state index in [2.05, 4.69) is 10.3 Å². The Morgan fingerprint density at radius 1 is 1.02 bits per heavy atom. The van der Waals surface area contributed by atoms with E-state index >= 15 is 0 Å². The third-order valence-electron chi connectivity index (χ3n) is 8.27. The second-order valence-corrected chi connectivity index (χ2v) is 11.3. The summed E-state index contributed by atoms with van der Waals surface area (Å²) in [7, 11) is 0. The van der Waals surface area contributed by atoms with Gasteiger partial charge in [0.15, 0.2) is 12.1 Å². The molecule has 8 nitrogen and oxygen atoms in total. The van der Waals surface area contributed by atoms with E-state index in [1.165, 1.54) is 25.1 Å². The number of halogens is 7. The van der Waals surface area contributed by atoms with Crippen LogP contribution in [-0.2, 0) is 28.3 Å². The van der Waals surface area contributed by atoms with E-state index in [-0.39, 0.29) is 42.3 Å². The van der Waals surface area contributed by atoms with Crippen molar-refractivity contribution in [1.82, 2.24) is 20.2 Å². The number of nitrogens with zero attached hydrogens (tertiary/aromatic N) is 4. The molecule has 3 aliphatic heterocycles. The zero-order chi connectivity index (χ0) is 32.7. The van der Waals surface area contributed by atoms with Gasteiger partial charge in [-0.25, -0.2) is 9.38 Å². The number of alkyl halides is 6. The molecule has 244 valence electrons. The Kier molecular flexibility index (Phi) is 9.16. The zero-order valence-corrected chi connectivity index (χ0v) is 24.4. The fourth-order valence-electron chi connectivity index (χ4n) is 5.91. The topological polar surface area (TPSA) is 80.6 Å². The van der Waals surface area contributed by atoms with Gasteiger partial charge in [0.05, 0.1) is 35.5 Å². The van der Waals surface area contributed by atoms with Gasteiger partial charge in [-0.1, -0.05) is 0 Å². The lowest BCUT2D eigenvalue weighted by Crippen LogP contribution is -2.56. The summed E-state index contributed by atoms with van der Waals surface area (Å²) in [4.78, 5) is 19.9. The summed E-state index contributed by atoms with van der Waals surface area (Å²) < 4.78 is 103. The van der Waals surface area contributed by atoms with Crippen LogP contribution in [0.15, 0.2) is 47.5 Å². The van der Waals surface area contributed by atoms with E-state index in [0.29, 0.717) is 49.4 Å². The molecule has 15 heteroatoms. The standard InChI is InChI=1S/C30H32F7N5O3/c1-17-9-22(31)3-4-23(17)26-14-27(41-7-5-40(6-8-41)18(2)43)45-28-24(15-38-16-39-28)25(42(26)44)12-19-10-20(29(32,33)34)13-21(11-19)30(35,36)37/h3-4,9-11,13-14,24-25,27,38,44H,5-8,12,15-16H2,1-2H3. The summed E-state index contributed by atoms with van der Waals surface area (Å²) in [6.07, 6.45) is -9.79. The number of hydroxylamine groups is 2. The Hall–Kier alpha value is -3.69. The third-order valence-corrected chi connectivity index (χ3v) is 8.27. The van der Waals surface area contributed by atoms with Gasteiger partial charge in [0.1, 0.15) is 5.82 Å². The summed E-state index contributed by atoms with van der Waals surface area (Å²) in [6.45, 7) is 5.01. The van der Waals surface area contributed by atoms with Crippen LogP contribution in [-0.4, -0.2) is 83.5 Å².